The highest BCUT2D eigenvalue weighted by molar-refractivity contribution is 6.02. The molecule has 0 saturated carbocycles. The lowest BCUT2D eigenvalue weighted by Gasteiger charge is -2.20. The van der Waals surface area contributed by atoms with E-state index < -0.39 is 0 Å². The number of para-hydroxylation sites is 2. The second-order valence-corrected chi connectivity index (χ2v) is 5.98. The van der Waals surface area contributed by atoms with Gasteiger partial charge in [-0.05, 0) is 30.7 Å². The van der Waals surface area contributed by atoms with Crippen LogP contribution < -0.4 is 19.7 Å². The Labute approximate surface area is 157 Å². The number of carbonyl (C=O) groups excluding carboxylic acids is 2. The molecule has 1 aliphatic rings. The van der Waals surface area contributed by atoms with E-state index in [2.05, 4.69) is 5.32 Å². The monoisotopic (exact) mass is 365 g/mol. The van der Waals surface area contributed by atoms with Crippen LogP contribution in [0.1, 0.15) is 18.4 Å². The Kier molecular flexibility index (Phi) is 5.57. The highest BCUT2D eigenvalue weighted by Crippen LogP contribution is 2.30. The number of ether oxygens (including phenoxy) is 2. The first-order valence-electron chi connectivity index (χ1n) is 8.52. The van der Waals surface area contributed by atoms with Gasteiger partial charge in [0, 0.05) is 19.0 Å². The SMILES string of the molecule is COc1cc(C#N)ccc1OCC(=O)Nc1ccccc1N1CCCC1=O. The summed E-state index contributed by atoms with van der Waals surface area (Å²) in [5.74, 6) is 0.440. The maximum absolute atomic E-state index is 12.3. The maximum Gasteiger partial charge on any atom is 0.262 e. The van der Waals surface area contributed by atoms with Crippen LogP contribution in [0.2, 0.25) is 0 Å². The molecule has 1 heterocycles. The van der Waals surface area contributed by atoms with Gasteiger partial charge < -0.3 is 19.7 Å². The van der Waals surface area contributed by atoms with Gasteiger partial charge in [0.1, 0.15) is 0 Å². The molecule has 0 spiro atoms. The minimum atomic E-state index is -0.361. The van der Waals surface area contributed by atoms with Crippen LogP contribution >= 0.6 is 0 Å². The Balaban J connectivity index is 1.67. The molecule has 0 aromatic heterocycles. The first kappa shape index (κ1) is 18.3. The van der Waals surface area contributed by atoms with E-state index in [1.807, 2.05) is 18.2 Å². The lowest BCUT2D eigenvalue weighted by Crippen LogP contribution is -2.27. The molecule has 0 aliphatic carbocycles. The van der Waals surface area contributed by atoms with Gasteiger partial charge in [-0.25, -0.2) is 0 Å². The largest absolute Gasteiger partial charge is 0.493 e. The van der Waals surface area contributed by atoms with Gasteiger partial charge in [0.2, 0.25) is 5.91 Å². The van der Waals surface area contributed by atoms with E-state index in [1.54, 1.807) is 35.2 Å². The normalized spacial score (nSPS) is 13.2. The number of hydrogen-bond acceptors (Lipinski definition) is 5. The molecule has 7 nitrogen and oxygen atoms in total. The van der Waals surface area contributed by atoms with Crippen LogP contribution in [0, 0.1) is 11.3 Å². The Morgan fingerprint density at radius 1 is 1.26 bits per heavy atom. The first-order chi connectivity index (χ1) is 13.1. The summed E-state index contributed by atoms with van der Waals surface area (Å²) in [5, 5.41) is 11.7. The van der Waals surface area contributed by atoms with Crippen molar-refractivity contribution in [3.63, 3.8) is 0 Å². The molecule has 1 fully saturated rings. The van der Waals surface area contributed by atoms with Crippen LogP contribution in [0.5, 0.6) is 11.5 Å². The summed E-state index contributed by atoms with van der Waals surface area (Å²) in [6.45, 7) is 0.412. The molecule has 1 aliphatic heterocycles. The van der Waals surface area contributed by atoms with Gasteiger partial charge in [-0.2, -0.15) is 5.26 Å². The van der Waals surface area contributed by atoms with Crippen molar-refractivity contribution in [2.75, 3.05) is 30.5 Å². The molecule has 0 bridgehead atoms. The van der Waals surface area contributed by atoms with Crippen LogP contribution in [0.4, 0.5) is 11.4 Å². The maximum atomic E-state index is 12.3. The van der Waals surface area contributed by atoms with Crippen molar-refractivity contribution in [1.82, 2.24) is 0 Å². The number of methoxy groups -OCH3 is 1. The van der Waals surface area contributed by atoms with Crippen molar-refractivity contribution in [1.29, 1.82) is 5.26 Å². The molecule has 1 N–H and O–H groups in total. The number of amides is 2. The Morgan fingerprint density at radius 2 is 2.07 bits per heavy atom. The van der Waals surface area contributed by atoms with E-state index in [-0.39, 0.29) is 18.4 Å². The second-order valence-electron chi connectivity index (χ2n) is 5.98. The van der Waals surface area contributed by atoms with Crippen LogP contribution in [-0.2, 0) is 9.59 Å². The quantitative estimate of drug-likeness (QED) is 0.850. The highest BCUT2D eigenvalue weighted by Gasteiger charge is 2.24. The van der Waals surface area contributed by atoms with E-state index in [9.17, 15) is 9.59 Å². The lowest BCUT2D eigenvalue weighted by molar-refractivity contribution is -0.118. The van der Waals surface area contributed by atoms with E-state index in [1.165, 1.54) is 7.11 Å². The molecule has 27 heavy (non-hydrogen) atoms. The summed E-state index contributed by atoms with van der Waals surface area (Å²) >= 11 is 0. The first-order valence-corrected chi connectivity index (χ1v) is 8.52. The lowest BCUT2D eigenvalue weighted by atomic mass is 10.2. The molecule has 0 atom stereocenters. The molecule has 0 unspecified atom stereocenters. The van der Waals surface area contributed by atoms with Gasteiger partial charge in [0.15, 0.2) is 18.1 Å². The average molecular weight is 365 g/mol. The third-order valence-electron chi connectivity index (χ3n) is 4.19. The predicted octanol–water partition coefficient (Wildman–Crippen LogP) is 2.71. The third-order valence-corrected chi connectivity index (χ3v) is 4.19. The van der Waals surface area contributed by atoms with Gasteiger partial charge in [0.25, 0.3) is 5.91 Å². The fourth-order valence-electron chi connectivity index (χ4n) is 2.90. The summed E-state index contributed by atoms with van der Waals surface area (Å²) in [5.41, 5.74) is 1.69. The molecular formula is C20H19N3O4. The Bertz CT molecular complexity index is 904. The van der Waals surface area contributed by atoms with Gasteiger partial charge in [-0.15, -0.1) is 0 Å². The van der Waals surface area contributed by atoms with Crippen molar-refractivity contribution >= 4 is 23.2 Å². The second kappa shape index (κ2) is 8.23. The number of nitrogens with one attached hydrogen (secondary N) is 1. The number of nitrogens with zero attached hydrogens (tertiary/aromatic N) is 2. The minimum absolute atomic E-state index is 0.0512. The van der Waals surface area contributed by atoms with Crippen LogP contribution in [0.15, 0.2) is 42.5 Å². The summed E-state index contributed by atoms with van der Waals surface area (Å²) in [6, 6.07) is 13.9. The van der Waals surface area contributed by atoms with Crippen LogP contribution in [0.25, 0.3) is 0 Å². The van der Waals surface area contributed by atoms with Gasteiger partial charge >= 0.3 is 0 Å². The van der Waals surface area contributed by atoms with E-state index in [0.717, 1.165) is 6.42 Å². The fraction of sp³-hybridized carbons (Fsp3) is 0.250. The van der Waals surface area contributed by atoms with Crippen LogP contribution in [-0.4, -0.2) is 32.1 Å². The summed E-state index contributed by atoms with van der Waals surface area (Å²) in [6.07, 6.45) is 1.33. The molecule has 3 rings (SSSR count). The average Bonchev–Trinajstić information content (AvgIpc) is 3.12. The fourth-order valence-corrected chi connectivity index (χ4v) is 2.90. The molecule has 7 heteroatoms. The van der Waals surface area contributed by atoms with E-state index in [4.69, 9.17) is 14.7 Å². The predicted molar refractivity (Wildman–Crippen MR) is 99.9 cm³/mol. The number of hydrogen-bond donors (Lipinski definition) is 1. The smallest absolute Gasteiger partial charge is 0.262 e. The number of anilines is 2. The molecular weight excluding hydrogens is 346 g/mol. The van der Waals surface area contributed by atoms with Crippen LogP contribution in [0.3, 0.4) is 0 Å². The summed E-state index contributed by atoms with van der Waals surface area (Å²) < 4.78 is 10.7. The zero-order valence-corrected chi connectivity index (χ0v) is 14.9. The molecule has 1 saturated heterocycles. The Morgan fingerprint density at radius 3 is 2.78 bits per heavy atom. The summed E-state index contributed by atoms with van der Waals surface area (Å²) in [4.78, 5) is 26.0. The topological polar surface area (TPSA) is 91.7 Å². The molecule has 2 aromatic carbocycles. The minimum Gasteiger partial charge on any atom is -0.493 e. The molecule has 2 aromatic rings. The molecule has 0 radical (unpaired) electrons. The van der Waals surface area contributed by atoms with Crippen molar-refractivity contribution in [2.45, 2.75) is 12.8 Å². The zero-order valence-electron chi connectivity index (χ0n) is 14.9. The molecule has 2 amide bonds. The number of rotatable bonds is 6. The van der Waals surface area contributed by atoms with Crippen molar-refractivity contribution < 1.29 is 19.1 Å². The standard InChI is InChI=1S/C20H19N3O4/c1-26-18-11-14(12-21)8-9-17(18)27-13-19(24)22-15-5-2-3-6-16(15)23-10-4-7-20(23)25/h2-3,5-6,8-9,11H,4,7,10,13H2,1H3,(H,22,24). The van der Waals surface area contributed by atoms with E-state index in [0.29, 0.717) is 41.4 Å². The zero-order chi connectivity index (χ0) is 19.2. The Hall–Kier alpha value is -3.53. The van der Waals surface area contributed by atoms with Gasteiger partial charge in [0.05, 0.1) is 30.1 Å². The van der Waals surface area contributed by atoms with E-state index >= 15 is 0 Å². The van der Waals surface area contributed by atoms with Crippen molar-refractivity contribution in [3.05, 3.63) is 48.0 Å². The van der Waals surface area contributed by atoms with Crippen molar-refractivity contribution in [2.24, 2.45) is 0 Å². The number of benzene rings is 2. The third kappa shape index (κ3) is 4.18. The van der Waals surface area contributed by atoms with Gasteiger partial charge in [-0.1, -0.05) is 12.1 Å². The van der Waals surface area contributed by atoms with Gasteiger partial charge in [-0.3, -0.25) is 9.59 Å². The van der Waals surface area contributed by atoms with Crippen molar-refractivity contribution in [3.8, 4) is 17.6 Å². The number of nitriles is 1. The summed E-state index contributed by atoms with van der Waals surface area (Å²) in [7, 11) is 1.47. The highest BCUT2D eigenvalue weighted by atomic mass is 16.5. The number of carbonyl (C=O) groups is 2. The molecule has 138 valence electrons.